The van der Waals surface area contributed by atoms with Crippen molar-refractivity contribution in [2.75, 3.05) is 37.0 Å². The van der Waals surface area contributed by atoms with Crippen LogP contribution >= 0.6 is 0 Å². The summed E-state index contributed by atoms with van der Waals surface area (Å²) >= 11 is 0. The number of carbonyl (C=O) groups is 1. The van der Waals surface area contributed by atoms with Crippen LogP contribution in [0.4, 0.5) is 11.4 Å². The second-order valence-electron chi connectivity index (χ2n) is 9.12. The van der Waals surface area contributed by atoms with E-state index in [9.17, 15) is 4.79 Å². The topological polar surface area (TPSA) is 35.6 Å². The summed E-state index contributed by atoms with van der Waals surface area (Å²) in [7, 11) is 4.10. The molecular formula is C24H33N3O. The molecule has 0 aromatic heterocycles. The Bertz CT molecular complexity index is 805. The highest BCUT2D eigenvalue weighted by Crippen LogP contribution is 2.35. The molecular weight excluding hydrogens is 346 g/mol. The number of rotatable bonds is 6. The first kappa shape index (κ1) is 20.2. The van der Waals surface area contributed by atoms with E-state index in [1.165, 1.54) is 22.5 Å². The van der Waals surface area contributed by atoms with Crippen molar-refractivity contribution in [3.05, 3.63) is 59.7 Å². The van der Waals surface area contributed by atoms with Crippen molar-refractivity contribution in [3.63, 3.8) is 0 Å². The number of carbonyl (C=O) groups excluding carboxylic acids is 1. The van der Waals surface area contributed by atoms with Crippen molar-refractivity contribution in [2.45, 2.75) is 39.7 Å². The third-order valence-corrected chi connectivity index (χ3v) is 5.28. The van der Waals surface area contributed by atoms with Gasteiger partial charge < -0.3 is 15.1 Å². The zero-order valence-corrected chi connectivity index (χ0v) is 17.8. The molecule has 0 aliphatic carbocycles. The smallest absolute Gasteiger partial charge is 0.220 e. The number of para-hydroxylation sites is 1. The maximum Gasteiger partial charge on any atom is 0.220 e. The maximum atomic E-state index is 12.5. The van der Waals surface area contributed by atoms with Crippen molar-refractivity contribution in [3.8, 4) is 0 Å². The van der Waals surface area contributed by atoms with Gasteiger partial charge in [-0.15, -0.1) is 0 Å². The van der Waals surface area contributed by atoms with Crippen molar-refractivity contribution in [1.29, 1.82) is 0 Å². The van der Waals surface area contributed by atoms with E-state index in [0.717, 1.165) is 13.0 Å². The third kappa shape index (κ3) is 4.86. The van der Waals surface area contributed by atoms with Crippen LogP contribution in [0.1, 0.15) is 44.4 Å². The molecule has 0 fully saturated rings. The van der Waals surface area contributed by atoms with Crippen LogP contribution in [0, 0.1) is 5.41 Å². The highest BCUT2D eigenvalue weighted by atomic mass is 16.1. The zero-order chi connectivity index (χ0) is 20.3. The molecule has 0 radical (unpaired) electrons. The Kier molecular flexibility index (Phi) is 5.97. The van der Waals surface area contributed by atoms with Crippen LogP contribution in [-0.2, 0) is 11.2 Å². The van der Waals surface area contributed by atoms with E-state index in [4.69, 9.17) is 0 Å². The van der Waals surface area contributed by atoms with E-state index in [1.54, 1.807) is 0 Å². The lowest BCUT2D eigenvalue weighted by Gasteiger charge is -2.32. The normalized spacial score (nSPS) is 14.5. The number of nitrogens with one attached hydrogen (secondary N) is 1. The van der Waals surface area contributed by atoms with Gasteiger partial charge in [0.1, 0.15) is 0 Å². The molecule has 150 valence electrons. The lowest BCUT2D eigenvalue weighted by Crippen LogP contribution is -2.38. The SMILES string of the molecule is CN(C)c1ccc(C(CNC(=O)CC(C)(C)C)N2CCc3ccccc32)cc1. The Labute approximate surface area is 169 Å². The van der Waals surface area contributed by atoms with Gasteiger partial charge in [-0.2, -0.15) is 0 Å². The van der Waals surface area contributed by atoms with Gasteiger partial charge in [-0.3, -0.25) is 4.79 Å². The summed E-state index contributed by atoms with van der Waals surface area (Å²) in [6.07, 6.45) is 1.59. The van der Waals surface area contributed by atoms with Gasteiger partial charge in [0.25, 0.3) is 0 Å². The molecule has 1 aliphatic rings. The van der Waals surface area contributed by atoms with Crippen LogP contribution in [0.15, 0.2) is 48.5 Å². The molecule has 1 heterocycles. The number of nitrogens with zero attached hydrogens (tertiary/aromatic N) is 2. The van der Waals surface area contributed by atoms with Crippen LogP contribution in [0.2, 0.25) is 0 Å². The fourth-order valence-electron chi connectivity index (χ4n) is 3.84. The summed E-state index contributed by atoms with van der Waals surface area (Å²) in [5, 5.41) is 3.19. The van der Waals surface area contributed by atoms with Crippen LogP contribution in [0.25, 0.3) is 0 Å². The molecule has 3 rings (SSSR count). The monoisotopic (exact) mass is 379 g/mol. The molecule has 1 unspecified atom stereocenters. The van der Waals surface area contributed by atoms with E-state index in [2.05, 4.69) is 98.5 Å². The molecule has 28 heavy (non-hydrogen) atoms. The lowest BCUT2D eigenvalue weighted by atomic mass is 9.92. The maximum absolute atomic E-state index is 12.5. The van der Waals surface area contributed by atoms with Gasteiger partial charge in [-0.25, -0.2) is 0 Å². The van der Waals surface area contributed by atoms with Crippen molar-refractivity contribution >= 4 is 17.3 Å². The molecule has 2 aromatic carbocycles. The molecule has 0 saturated heterocycles. The van der Waals surface area contributed by atoms with Gasteiger partial charge in [0.15, 0.2) is 0 Å². The summed E-state index contributed by atoms with van der Waals surface area (Å²) in [4.78, 5) is 17.0. The lowest BCUT2D eigenvalue weighted by molar-refractivity contribution is -0.122. The van der Waals surface area contributed by atoms with Gasteiger partial charge in [0, 0.05) is 45.0 Å². The zero-order valence-electron chi connectivity index (χ0n) is 17.8. The minimum absolute atomic E-state index is 0.00676. The van der Waals surface area contributed by atoms with E-state index >= 15 is 0 Å². The van der Waals surface area contributed by atoms with Gasteiger partial charge >= 0.3 is 0 Å². The van der Waals surface area contributed by atoms with Gasteiger partial charge in [-0.05, 0) is 41.2 Å². The van der Waals surface area contributed by atoms with Crippen LogP contribution < -0.4 is 15.1 Å². The number of hydrogen-bond donors (Lipinski definition) is 1. The minimum Gasteiger partial charge on any atom is -0.378 e. The fourth-order valence-corrected chi connectivity index (χ4v) is 3.84. The first-order chi connectivity index (χ1) is 13.2. The van der Waals surface area contributed by atoms with Crippen LogP contribution in [0.3, 0.4) is 0 Å². The molecule has 1 amide bonds. The Morgan fingerprint density at radius 2 is 1.79 bits per heavy atom. The quantitative estimate of drug-likeness (QED) is 0.808. The third-order valence-electron chi connectivity index (χ3n) is 5.28. The first-order valence-electron chi connectivity index (χ1n) is 10.1. The number of hydrogen-bond acceptors (Lipinski definition) is 3. The standard InChI is InChI=1S/C24H33N3O/c1-24(2,3)16-23(28)25-17-22(19-10-12-20(13-11-19)26(4)5)27-15-14-18-8-6-7-9-21(18)27/h6-13,22H,14-17H2,1-5H3,(H,25,28). The van der Waals surface area contributed by atoms with E-state index in [-0.39, 0.29) is 17.4 Å². The summed E-state index contributed by atoms with van der Waals surface area (Å²) < 4.78 is 0. The molecule has 4 nitrogen and oxygen atoms in total. The Balaban J connectivity index is 1.83. The van der Waals surface area contributed by atoms with Crippen molar-refractivity contribution in [2.24, 2.45) is 5.41 Å². The van der Waals surface area contributed by atoms with Crippen LogP contribution in [-0.4, -0.2) is 33.1 Å². The number of amides is 1. The largest absolute Gasteiger partial charge is 0.378 e. The summed E-state index contributed by atoms with van der Waals surface area (Å²) in [5.74, 6) is 0.120. The molecule has 2 aromatic rings. The molecule has 0 saturated carbocycles. The minimum atomic E-state index is -0.00676. The first-order valence-corrected chi connectivity index (χ1v) is 10.1. The average molecular weight is 380 g/mol. The summed E-state index contributed by atoms with van der Waals surface area (Å²) in [5.41, 5.74) is 5.08. The van der Waals surface area contributed by atoms with E-state index in [0.29, 0.717) is 13.0 Å². The van der Waals surface area contributed by atoms with Crippen molar-refractivity contribution in [1.82, 2.24) is 5.32 Å². The fraction of sp³-hybridized carbons (Fsp3) is 0.458. The molecule has 1 aliphatic heterocycles. The predicted molar refractivity (Wildman–Crippen MR) is 118 cm³/mol. The van der Waals surface area contributed by atoms with E-state index in [1.807, 2.05) is 0 Å². The second kappa shape index (κ2) is 8.26. The second-order valence-corrected chi connectivity index (χ2v) is 9.12. The Hall–Kier alpha value is -2.49. The molecule has 0 bridgehead atoms. The number of fused-ring (bicyclic) bond motifs is 1. The Morgan fingerprint density at radius 1 is 1.11 bits per heavy atom. The highest BCUT2D eigenvalue weighted by molar-refractivity contribution is 5.76. The Morgan fingerprint density at radius 3 is 2.43 bits per heavy atom. The van der Waals surface area contributed by atoms with Gasteiger partial charge in [0.2, 0.25) is 5.91 Å². The van der Waals surface area contributed by atoms with Gasteiger partial charge in [0.05, 0.1) is 6.04 Å². The average Bonchev–Trinajstić information content (AvgIpc) is 3.05. The number of benzene rings is 2. The summed E-state index contributed by atoms with van der Waals surface area (Å²) in [6.45, 7) is 7.89. The van der Waals surface area contributed by atoms with E-state index < -0.39 is 0 Å². The molecule has 1 N–H and O–H groups in total. The highest BCUT2D eigenvalue weighted by Gasteiger charge is 2.28. The molecule has 1 atom stereocenters. The summed E-state index contributed by atoms with van der Waals surface area (Å²) in [6, 6.07) is 17.4. The number of anilines is 2. The molecule has 0 spiro atoms. The van der Waals surface area contributed by atoms with Crippen LogP contribution in [0.5, 0.6) is 0 Å². The van der Waals surface area contributed by atoms with Crippen molar-refractivity contribution < 1.29 is 4.79 Å². The van der Waals surface area contributed by atoms with Gasteiger partial charge in [-0.1, -0.05) is 51.1 Å². The molecule has 4 heteroatoms. The predicted octanol–water partition coefficient (Wildman–Crippen LogP) is 4.41.